The molecule has 1 fully saturated rings. The highest BCUT2D eigenvalue weighted by Crippen LogP contribution is 2.18. The minimum Gasteiger partial charge on any atom is -0.300 e. The Kier molecular flexibility index (Phi) is 4.49. The van der Waals surface area contributed by atoms with Crippen LogP contribution >= 0.6 is 0 Å². The third-order valence-corrected chi connectivity index (χ3v) is 3.85. The highest BCUT2D eigenvalue weighted by atomic mass is 16.2. The average Bonchev–Trinajstić information content (AvgIpc) is 2.72. The van der Waals surface area contributed by atoms with Crippen molar-refractivity contribution in [3.8, 4) is 0 Å². The molecule has 1 aliphatic rings. The van der Waals surface area contributed by atoms with Crippen LogP contribution in [0, 0.1) is 6.92 Å². The Hall–Kier alpha value is -1.75. The second-order valence-corrected chi connectivity index (χ2v) is 5.26. The van der Waals surface area contributed by atoms with Crippen LogP contribution in [0.4, 0.5) is 0 Å². The van der Waals surface area contributed by atoms with Crippen LogP contribution in [0.2, 0.25) is 0 Å². The molecule has 0 bridgehead atoms. The van der Waals surface area contributed by atoms with E-state index >= 15 is 0 Å². The largest absolute Gasteiger partial charge is 0.300 e. The van der Waals surface area contributed by atoms with Gasteiger partial charge in [0.05, 0.1) is 18.2 Å². The molecule has 2 atom stereocenters. The monoisotopic (exact) mass is 275 g/mol. The van der Waals surface area contributed by atoms with Crippen molar-refractivity contribution in [1.82, 2.24) is 15.2 Å². The van der Waals surface area contributed by atoms with Crippen molar-refractivity contribution in [2.45, 2.75) is 52.2 Å². The molecule has 0 aromatic carbocycles. The van der Waals surface area contributed by atoms with Gasteiger partial charge in [-0.3, -0.25) is 24.8 Å². The lowest BCUT2D eigenvalue weighted by molar-refractivity contribution is -0.141. The SMILES string of the molecule is CCC(C)N1C(=O)CC(NCc2ncccc2C)C1=O. The first kappa shape index (κ1) is 14.7. The maximum Gasteiger partial charge on any atom is 0.247 e. The molecule has 108 valence electrons. The van der Waals surface area contributed by atoms with E-state index < -0.39 is 6.04 Å². The first-order valence-electron chi connectivity index (χ1n) is 7.04. The Balaban J connectivity index is 2.00. The smallest absolute Gasteiger partial charge is 0.247 e. The number of rotatable bonds is 5. The maximum atomic E-state index is 12.2. The van der Waals surface area contributed by atoms with Gasteiger partial charge in [0.15, 0.2) is 0 Å². The third-order valence-electron chi connectivity index (χ3n) is 3.85. The first-order chi connectivity index (χ1) is 9.54. The van der Waals surface area contributed by atoms with Crippen molar-refractivity contribution in [3.05, 3.63) is 29.6 Å². The van der Waals surface area contributed by atoms with Crippen molar-refractivity contribution >= 4 is 11.8 Å². The van der Waals surface area contributed by atoms with Crippen LogP contribution in [0.3, 0.4) is 0 Å². The number of amides is 2. The molecule has 0 spiro atoms. The Morgan fingerprint density at radius 1 is 1.50 bits per heavy atom. The van der Waals surface area contributed by atoms with Gasteiger partial charge in [0.1, 0.15) is 0 Å². The normalized spacial score (nSPS) is 20.6. The molecule has 1 aromatic rings. The zero-order valence-corrected chi connectivity index (χ0v) is 12.2. The highest BCUT2D eigenvalue weighted by molar-refractivity contribution is 6.05. The van der Waals surface area contributed by atoms with Gasteiger partial charge in [0, 0.05) is 18.8 Å². The number of carbonyl (C=O) groups is 2. The number of hydrogen-bond acceptors (Lipinski definition) is 4. The fourth-order valence-corrected chi connectivity index (χ4v) is 2.38. The lowest BCUT2D eigenvalue weighted by Gasteiger charge is -2.21. The number of imide groups is 1. The van der Waals surface area contributed by atoms with Crippen molar-refractivity contribution < 1.29 is 9.59 Å². The van der Waals surface area contributed by atoms with Crippen molar-refractivity contribution in [3.63, 3.8) is 0 Å². The molecule has 2 heterocycles. The second kappa shape index (κ2) is 6.13. The summed E-state index contributed by atoms with van der Waals surface area (Å²) in [6.45, 7) is 6.37. The van der Waals surface area contributed by atoms with E-state index in [9.17, 15) is 9.59 Å². The van der Waals surface area contributed by atoms with E-state index in [0.717, 1.165) is 17.7 Å². The van der Waals surface area contributed by atoms with Crippen molar-refractivity contribution in [1.29, 1.82) is 0 Å². The number of aryl methyl sites for hydroxylation is 1. The molecule has 5 nitrogen and oxygen atoms in total. The predicted molar refractivity (Wildman–Crippen MR) is 75.8 cm³/mol. The number of nitrogens with zero attached hydrogens (tertiary/aromatic N) is 2. The number of pyridine rings is 1. The van der Waals surface area contributed by atoms with Gasteiger partial charge in [0.25, 0.3) is 0 Å². The van der Waals surface area contributed by atoms with Gasteiger partial charge in [-0.05, 0) is 31.9 Å². The summed E-state index contributed by atoms with van der Waals surface area (Å²) in [5.74, 6) is -0.197. The first-order valence-corrected chi connectivity index (χ1v) is 7.04. The van der Waals surface area contributed by atoms with Gasteiger partial charge in [-0.25, -0.2) is 0 Å². The van der Waals surface area contributed by atoms with Gasteiger partial charge in [-0.15, -0.1) is 0 Å². The molecule has 0 radical (unpaired) electrons. The zero-order valence-electron chi connectivity index (χ0n) is 12.2. The lowest BCUT2D eigenvalue weighted by atomic mass is 10.2. The molecule has 2 unspecified atom stereocenters. The van der Waals surface area contributed by atoms with E-state index in [2.05, 4.69) is 10.3 Å². The van der Waals surface area contributed by atoms with Gasteiger partial charge >= 0.3 is 0 Å². The van der Waals surface area contributed by atoms with Crippen LogP contribution in [-0.4, -0.2) is 33.8 Å². The van der Waals surface area contributed by atoms with Crippen LogP contribution in [0.25, 0.3) is 0 Å². The summed E-state index contributed by atoms with van der Waals surface area (Å²) in [4.78, 5) is 29.8. The summed E-state index contributed by atoms with van der Waals surface area (Å²) in [5.41, 5.74) is 1.99. The number of carbonyl (C=O) groups excluding carboxylic acids is 2. The van der Waals surface area contributed by atoms with Crippen LogP contribution in [0.15, 0.2) is 18.3 Å². The van der Waals surface area contributed by atoms with Crippen molar-refractivity contribution in [2.75, 3.05) is 0 Å². The summed E-state index contributed by atoms with van der Waals surface area (Å²) in [6.07, 6.45) is 2.76. The molecule has 1 aromatic heterocycles. The van der Waals surface area contributed by atoms with Crippen LogP contribution < -0.4 is 5.32 Å². The molecule has 1 saturated heterocycles. The molecular weight excluding hydrogens is 254 g/mol. The predicted octanol–water partition coefficient (Wildman–Crippen LogP) is 1.41. The fraction of sp³-hybridized carbons (Fsp3) is 0.533. The highest BCUT2D eigenvalue weighted by Gasteiger charge is 2.40. The molecule has 0 aliphatic carbocycles. The van der Waals surface area contributed by atoms with Crippen LogP contribution in [0.5, 0.6) is 0 Å². The van der Waals surface area contributed by atoms with E-state index in [4.69, 9.17) is 0 Å². The second-order valence-electron chi connectivity index (χ2n) is 5.26. The van der Waals surface area contributed by atoms with Gasteiger partial charge in [0.2, 0.25) is 11.8 Å². The van der Waals surface area contributed by atoms with E-state index in [1.165, 1.54) is 4.90 Å². The van der Waals surface area contributed by atoms with E-state index in [1.807, 2.05) is 32.9 Å². The molecular formula is C15H21N3O2. The molecule has 0 saturated carbocycles. The van der Waals surface area contributed by atoms with Crippen LogP contribution in [0.1, 0.15) is 37.9 Å². The van der Waals surface area contributed by atoms with E-state index in [1.54, 1.807) is 6.20 Å². The standard InChI is InChI=1S/C15H21N3O2/c1-4-11(3)18-14(19)8-12(15(18)20)17-9-13-10(2)6-5-7-16-13/h5-7,11-12,17H,4,8-9H2,1-3H3. The summed E-state index contributed by atoms with van der Waals surface area (Å²) in [7, 11) is 0. The maximum absolute atomic E-state index is 12.2. The quantitative estimate of drug-likeness (QED) is 0.825. The van der Waals surface area contributed by atoms with Crippen LogP contribution in [-0.2, 0) is 16.1 Å². The number of likely N-dealkylation sites (tertiary alicyclic amines) is 1. The summed E-state index contributed by atoms with van der Waals surface area (Å²) in [6, 6.07) is 3.42. The topological polar surface area (TPSA) is 62.3 Å². The molecule has 1 N–H and O–H groups in total. The zero-order chi connectivity index (χ0) is 14.7. The Morgan fingerprint density at radius 2 is 2.25 bits per heavy atom. The third kappa shape index (κ3) is 2.88. The fourth-order valence-electron chi connectivity index (χ4n) is 2.38. The summed E-state index contributed by atoms with van der Waals surface area (Å²) < 4.78 is 0. The Morgan fingerprint density at radius 3 is 2.90 bits per heavy atom. The summed E-state index contributed by atoms with van der Waals surface area (Å²) in [5, 5.41) is 3.15. The van der Waals surface area contributed by atoms with Gasteiger partial charge in [-0.2, -0.15) is 0 Å². The number of aromatic nitrogens is 1. The number of hydrogen-bond donors (Lipinski definition) is 1. The minimum atomic E-state index is -0.419. The number of nitrogens with one attached hydrogen (secondary N) is 1. The average molecular weight is 275 g/mol. The molecule has 2 amide bonds. The van der Waals surface area contributed by atoms with Gasteiger partial charge in [-0.1, -0.05) is 13.0 Å². The molecule has 20 heavy (non-hydrogen) atoms. The van der Waals surface area contributed by atoms with E-state index in [0.29, 0.717) is 6.54 Å². The van der Waals surface area contributed by atoms with E-state index in [-0.39, 0.29) is 24.3 Å². The molecule has 5 heteroatoms. The lowest BCUT2D eigenvalue weighted by Crippen LogP contribution is -2.42. The minimum absolute atomic E-state index is 0.0293. The van der Waals surface area contributed by atoms with Gasteiger partial charge < -0.3 is 0 Å². The Labute approximate surface area is 119 Å². The molecule has 1 aliphatic heterocycles. The van der Waals surface area contributed by atoms with Crippen molar-refractivity contribution in [2.24, 2.45) is 0 Å². The summed E-state index contributed by atoms with van der Waals surface area (Å²) >= 11 is 0. The molecule has 2 rings (SSSR count). The Bertz CT molecular complexity index is 516.